The summed E-state index contributed by atoms with van der Waals surface area (Å²) in [6.07, 6.45) is 3.69. The van der Waals surface area contributed by atoms with E-state index in [-0.39, 0.29) is 6.54 Å². The first kappa shape index (κ1) is 16.2. The van der Waals surface area contributed by atoms with Crippen LogP contribution < -0.4 is 4.74 Å². The summed E-state index contributed by atoms with van der Waals surface area (Å²) < 4.78 is 5.85. The molecular formula is C21H23NO3. The van der Waals surface area contributed by atoms with Crippen LogP contribution in [0.4, 0.5) is 0 Å². The molecule has 0 atom stereocenters. The van der Waals surface area contributed by atoms with Crippen LogP contribution in [0.15, 0.2) is 42.5 Å². The van der Waals surface area contributed by atoms with E-state index < -0.39 is 5.97 Å². The van der Waals surface area contributed by atoms with E-state index in [0.29, 0.717) is 12.5 Å². The van der Waals surface area contributed by atoms with Crippen molar-refractivity contribution in [2.24, 2.45) is 5.92 Å². The number of hydrogen-bond donors (Lipinski definition) is 1. The average Bonchev–Trinajstić information content (AvgIpc) is 3.04. The first-order valence-corrected chi connectivity index (χ1v) is 8.96. The van der Waals surface area contributed by atoms with Crippen LogP contribution in [0.5, 0.6) is 5.75 Å². The summed E-state index contributed by atoms with van der Waals surface area (Å²) in [6.45, 7) is 2.39. The highest BCUT2D eigenvalue weighted by Crippen LogP contribution is 2.29. The molecule has 2 aromatic rings. The van der Waals surface area contributed by atoms with Gasteiger partial charge in [-0.3, -0.25) is 9.69 Å². The lowest BCUT2D eigenvalue weighted by molar-refractivity contribution is -0.140. The number of hydrogen-bond acceptors (Lipinski definition) is 3. The summed E-state index contributed by atoms with van der Waals surface area (Å²) in [5.41, 5.74) is 5.49. The van der Waals surface area contributed by atoms with E-state index in [0.717, 1.165) is 18.8 Å². The van der Waals surface area contributed by atoms with Gasteiger partial charge in [-0.15, -0.1) is 0 Å². The summed E-state index contributed by atoms with van der Waals surface area (Å²) >= 11 is 0. The SMILES string of the molecule is O=C(O)CN1CC(COc2ccc(-c3ccc4c(c3)CCC4)cc2)C1. The van der Waals surface area contributed by atoms with Crippen molar-refractivity contribution < 1.29 is 14.6 Å². The Morgan fingerprint density at radius 1 is 1.04 bits per heavy atom. The summed E-state index contributed by atoms with van der Waals surface area (Å²) in [4.78, 5) is 12.6. The fourth-order valence-electron chi connectivity index (χ4n) is 3.81. The van der Waals surface area contributed by atoms with Gasteiger partial charge in [0.2, 0.25) is 0 Å². The minimum Gasteiger partial charge on any atom is -0.493 e. The van der Waals surface area contributed by atoms with Gasteiger partial charge < -0.3 is 9.84 Å². The zero-order valence-electron chi connectivity index (χ0n) is 14.3. The van der Waals surface area contributed by atoms with Gasteiger partial charge in [0.25, 0.3) is 0 Å². The van der Waals surface area contributed by atoms with Crippen LogP contribution in [0.3, 0.4) is 0 Å². The van der Waals surface area contributed by atoms with Gasteiger partial charge in [-0.1, -0.05) is 30.3 Å². The van der Waals surface area contributed by atoms with Crippen molar-refractivity contribution in [2.75, 3.05) is 26.2 Å². The summed E-state index contributed by atoms with van der Waals surface area (Å²) in [6, 6.07) is 15.1. The van der Waals surface area contributed by atoms with Crippen molar-refractivity contribution in [3.8, 4) is 16.9 Å². The molecule has 4 rings (SSSR count). The number of carboxylic acids is 1. The van der Waals surface area contributed by atoms with Gasteiger partial charge in [0, 0.05) is 19.0 Å². The summed E-state index contributed by atoms with van der Waals surface area (Å²) in [5.74, 6) is 0.541. The maximum Gasteiger partial charge on any atom is 0.317 e. The molecule has 0 bridgehead atoms. The second-order valence-electron chi connectivity index (χ2n) is 7.13. The molecule has 4 heteroatoms. The van der Waals surface area contributed by atoms with Gasteiger partial charge in [-0.25, -0.2) is 0 Å². The Kier molecular flexibility index (Phi) is 4.45. The summed E-state index contributed by atoms with van der Waals surface area (Å²) in [7, 11) is 0. The second-order valence-corrected chi connectivity index (χ2v) is 7.13. The molecule has 0 radical (unpaired) electrons. The molecule has 0 aromatic heterocycles. The zero-order valence-corrected chi connectivity index (χ0v) is 14.3. The summed E-state index contributed by atoms with van der Waals surface area (Å²) in [5, 5.41) is 8.74. The third kappa shape index (κ3) is 3.69. The van der Waals surface area contributed by atoms with Crippen LogP contribution in [0.2, 0.25) is 0 Å². The number of benzene rings is 2. The number of carboxylic acid groups (broad SMARTS) is 1. The molecule has 2 aliphatic rings. The van der Waals surface area contributed by atoms with E-state index in [2.05, 4.69) is 30.3 Å². The lowest BCUT2D eigenvalue weighted by Gasteiger charge is -2.37. The molecule has 2 aromatic carbocycles. The van der Waals surface area contributed by atoms with Gasteiger partial charge >= 0.3 is 5.97 Å². The molecule has 0 unspecified atom stereocenters. The highest BCUT2D eigenvalue weighted by Gasteiger charge is 2.28. The Balaban J connectivity index is 1.31. The monoisotopic (exact) mass is 337 g/mol. The van der Waals surface area contributed by atoms with Crippen LogP contribution in [0.1, 0.15) is 17.5 Å². The first-order chi connectivity index (χ1) is 12.2. The average molecular weight is 337 g/mol. The van der Waals surface area contributed by atoms with Crippen molar-refractivity contribution in [3.63, 3.8) is 0 Å². The Hall–Kier alpha value is -2.33. The molecule has 1 saturated heterocycles. The predicted molar refractivity (Wildman–Crippen MR) is 97.0 cm³/mol. The number of fused-ring (bicyclic) bond motifs is 1. The van der Waals surface area contributed by atoms with Gasteiger partial charge in [-0.2, -0.15) is 0 Å². The van der Waals surface area contributed by atoms with Crippen LogP contribution in [-0.2, 0) is 17.6 Å². The van der Waals surface area contributed by atoms with E-state index in [4.69, 9.17) is 9.84 Å². The molecule has 4 nitrogen and oxygen atoms in total. The van der Waals surface area contributed by atoms with Gasteiger partial charge in [0.1, 0.15) is 5.75 Å². The van der Waals surface area contributed by atoms with Crippen LogP contribution in [-0.4, -0.2) is 42.2 Å². The molecular weight excluding hydrogens is 314 g/mol. The number of rotatable bonds is 6. The Bertz CT molecular complexity index is 763. The van der Waals surface area contributed by atoms with E-state index in [1.165, 1.54) is 41.5 Å². The van der Waals surface area contributed by atoms with Crippen LogP contribution in [0.25, 0.3) is 11.1 Å². The third-order valence-electron chi connectivity index (χ3n) is 5.16. The van der Waals surface area contributed by atoms with Crippen molar-refractivity contribution in [1.82, 2.24) is 4.90 Å². The number of nitrogens with zero attached hydrogens (tertiary/aromatic N) is 1. The lowest BCUT2D eigenvalue weighted by Crippen LogP contribution is -2.50. The molecule has 0 spiro atoms. The maximum absolute atomic E-state index is 10.6. The van der Waals surface area contributed by atoms with Crippen molar-refractivity contribution in [1.29, 1.82) is 0 Å². The standard InChI is InChI=1S/C21H23NO3/c23-21(24)13-22-11-15(12-22)14-25-20-8-6-17(7-9-20)19-5-4-16-2-1-3-18(16)10-19/h4-10,15H,1-3,11-14H2,(H,23,24). The van der Waals surface area contributed by atoms with Crippen molar-refractivity contribution in [2.45, 2.75) is 19.3 Å². The molecule has 130 valence electrons. The minimum atomic E-state index is -0.762. The number of carbonyl (C=O) groups is 1. The minimum absolute atomic E-state index is 0.131. The third-order valence-corrected chi connectivity index (χ3v) is 5.16. The van der Waals surface area contributed by atoms with Gasteiger partial charge in [-0.05, 0) is 53.6 Å². The Labute approximate surface area is 148 Å². The van der Waals surface area contributed by atoms with Crippen molar-refractivity contribution >= 4 is 5.97 Å². The Morgan fingerprint density at radius 2 is 1.76 bits per heavy atom. The van der Waals surface area contributed by atoms with Crippen molar-refractivity contribution in [3.05, 3.63) is 53.6 Å². The van der Waals surface area contributed by atoms with E-state index in [1.54, 1.807) is 0 Å². The molecule has 1 aliphatic carbocycles. The lowest BCUT2D eigenvalue weighted by atomic mass is 10.0. The molecule has 0 amide bonds. The Morgan fingerprint density at radius 3 is 2.52 bits per heavy atom. The van der Waals surface area contributed by atoms with Gasteiger partial charge in [0.15, 0.2) is 0 Å². The molecule has 1 N–H and O–H groups in total. The van der Waals surface area contributed by atoms with Crippen LogP contribution in [0, 0.1) is 5.92 Å². The van der Waals surface area contributed by atoms with E-state index >= 15 is 0 Å². The molecule has 1 fully saturated rings. The topological polar surface area (TPSA) is 49.8 Å². The van der Waals surface area contributed by atoms with Crippen LogP contribution >= 0.6 is 0 Å². The van der Waals surface area contributed by atoms with E-state index in [1.807, 2.05) is 17.0 Å². The molecule has 1 heterocycles. The normalized spacial score (nSPS) is 17.1. The number of aryl methyl sites for hydroxylation is 2. The molecule has 0 saturated carbocycles. The fraction of sp³-hybridized carbons (Fsp3) is 0.381. The highest BCUT2D eigenvalue weighted by molar-refractivity contribution is 5.69. The zero-order chi connectivity index (χ0) is 17.2. The predicted octanol–water partition coefficient (Wildman–Crippen LogP) is 3.24. The number of aliphatic carboxylic acids is 1. The first-order valence-electron chi connectivity index (χ1n) is 8.96. The van der Waals surface area contributed by atoms with Gasteiger partial charge in [0.05, 0.1) is 13.2 Å². The second kappa shape index (κ2) is 6.89. The quantitative estimate of drug-likeness (QED) is 0.879. The molecule has 1 aliphatic heterocycles. The number of ether oxygens (including phenoxy) is 1. The largest absolute Gasteiger partial charge is 0.493 e. The fourth-order valence-corrected chi connectivity index (χ4v) is 3.81. The number of likely N-dealkylation sites (tertiary alicyclic amines) is 1. The highest BCUT2D eigenvalue weighted by atomic mass is 16.5. The molecule has 25 heavy (non-hydrogen) atoms. The smallest absolute Gasteiger partial charge is 0.317 e. The maximum atomic E-state index is 10.6. The van der Waals surface area contributed by atoms with E-state index in [9.17, 15) is 4.79 Å².